The number of hydrogen-bond donors (Lipinski definition) is 0. The van der Waals surface area contributed by atoms with Crippen LogP contribution in [0.3, 0.4) is 0 Å². The van der Waals surface area contributed by atoms with Gasteiger partial charge in [0.1, 0.15) is 5.82 Å². The van der Waals surface area contributed by atoms with Crippen LogP contribution < -0.4 is 0 Å². The predicted molar refractivity (Wildman–Crippen MR) is 66.9 cm³/mol. The van der Waals surface area contributed by atoms with Gasteiger partial charge in [-0.2, -0.15) is 13.2 Å². The zero-order valence-corrected chi connectivity index (χ0v) is 9.84. The molecular formula is C15H10F4. The lowest BCUT2D eigenvalue weighted by molar-refractivity contribution is -0.137. The van der Waals surface area contributed by atoms with Gasteiger partial charge in [-0.15, -0.1) is 0 Å². The average molecular weight is 266 g/mol. The van der Waals surface area contributed by atoms with Crippen molar-refractivity contribution in [3.8, 4) is 11.1 Å². The first-order valence-electron chi connectivity index (χ1n) is 5.52. The zero-order chi connectivity index (χ0) is 14.0. The molecule has 0 aliphatic carbocycles. The Morgan fingerprint density at radius 2 is 1.63 bits per heavy atom. The van der Waals surface area contributed by atoms with Gasteiger partial charge in [0.05, 0.1) is 5.56 Å². The molecule has 98 valence electrons. The fraction of sp³-hybridized carbons (Fsp3) is 0.0667. The molecule has 0 bridgehead atoms. The number of halogens is 4. The van der Waals surface area contributed by atoms with Crippen LogP contribution in [0.1, 0.15) is 11.1 Å². The molecule has 0 heterocycles. The van der Waals surface area contributed by atoms with Gasteiger partial charge >= 0.3 is 6.18 Å². The third-order valence-corrected chi connectivity index (χ3v) is 2.76. The van der Waals surface area contributed by atoms with Crippen LogP contribution >= 0.6 is 0 Å². The lowest BCUT2D eigenvalue weighted by atomic mass is 9.97. The Labute approximate surface area is 108 Å². The quantitative estimate of drug-likeness (QED) is 0.659. The molecule has 0 radical (unpaired) electrons. The summed E-state index contributed by atoms with van der Waals surface area (Å²) in [4.78, 5) is 0. The van der Waals surface area contributed by atoms with Gasteiger partial charge in [0, 0.05) is 5.56 Å². The second-order valence-corrected chi connectivity index (χ2v) is 3.98. The first kappa shape index (κ1) is 13.3. The largest absolute Gasteiger partial charge is 0.416 e. The third kappa shape index (κ3) is 2.67. The summed E-state index contributed by atoms with van der Waals surface area (Å²) in [6.07, 6.45) is -3.01. The molecular weight excluding hydrogens is 256 g/mol. The second kappa shape index (κ2) is 4.88. The molecule has 0 unspecified atom stereocenters. The van der Waals surface area contributed by atoms with Gasteiger partial charge < -0.3 is 0 Å². The lowest BCUT2D eigenvalue weighted by Crippen LogP contribution is -2.05. The van der Waals surface area contributed by atoms with E-state index >= 15 is 0 Å². The van der Waals surface area contributed by atoms with E-state index in [1.165, 1.54) is 6.08 Å². The van der Waals surface area contributed by atoms with Crippen molar-refractivity contribution in [3.63, 3.8) is 0 Å². The van der Waals surface area contributed by atoms with Crippen LogP contribution in [-0.2, 0) is 6.18 Å². The summed E-state index contributed by atoms with van der Waals surface area (Å²) < 4.78 is 51.7. The highest BCUT2D eigenvalue weighted by molar-refractivity contribution is 5.75. The number of hydrogen-bond acceptors (Lipinski definition) is 0. The van der Waals surface area contributed by atoms with Gasteiger partial charge in [-0.3, -0.25) is 0 Å². The highest BCUT2D eigenvalue weighted by atomic mass is 19.4. The number of rotatable bonds is 2. The summed E-state index contributed by atoms with van der Waals surface area (Å²) in [6, 6.07) is 8.97. The second-order valence-electron chi connectivity index (χ2n) is 3.98. The molecule has 0 aliphatic rings. The zero-order valence-electron chi connectivity index (χ0n) is 9.84. The lowest BCUT2D eigenvalue weighted by Gasteiger charge is -2.11. The van der Waals surface area contributed by atoms with E-state index in [-0.39, 0.29) is 5.56 Å². The van der Waals surface area contributed by atoms with Crippen LogP contribution in [0.4, 0.5) is 17.6 Å². The van der Waals surface area contributed by atoms with Gasteiger partial charge in [-0.1, -0.05) is 36.9 Å². The summed E-state index contributed by atoms with van der Waals surface area (Å²) in [7, 11) is 0. The SMILES string of the molecule is C=Cc1ccccc1-c1cc(C(F)(F)F)ccc1F. The molecule has 0 spiro atoms. The monoisotopic (exact) mass is 266 g/mol. The Bertz CT molecular complexity index is 612. The molecule has 0 amide bonds. The van der Waals surface area contributed by atoms with Gasteiger partial charge in [0.15, 0.2) is 0 Å². The molecule has 0 nitrogen and oxygen atoms in total. The van der Waals surface area contributed by atoms with E-state index in [9.17, 15) is 17.6 Å². The van der Waals surface area contributed by atoms with Crippen molar-refractivity contribution in [1.82, 2.24) is 0 Å². The van der Waals surface area contributed by atoms with E-state index in [0.717, 1.165) is 18.2 Å². The summed E-state index contributed by atoms with van der Waals surface area (Å²) in [6.45, 7) is 3.57. The Morgan fingerprint density at radius 3 is 2.26 bits per heavy atom. The van der Waals surface area contributed by atoms with E-state index in [2.05, 4.69) is 6.58 Å². The molecule has 0 aliphatic heterocycles. The summed E-state index contributed by atoms with van der Waals surface area (Å²) in [5.41, 5.74) is 0.0231. The molecule has 19 heavy (non-hydrogen) atoms. The minimum absolute atomic E-state index is 0.0784. The first-order valence-corrected chi connectivity index (χ1v) is 5.52. The van der Waals surface area contributed by atoms with Gasteiger partial charge in [0.2, 0.25) is 0 Å². The topological polar surface area (TPSA) is 0 Å². The van der Waals surface area contributed by atoms with Crippen LogP contribution in [0, 0.1) is 5.82 Å². The molecule has 4 heteroatoms. The third-order valence-electron chi connectivity index (χ3n) is 2.76. The standard InChI is InChI=1S/C15H10F4/c1-2-10-5-3-4-6-12(10)13-9-11(15(17,18)19)7-8-14(13)16/h2-9H,1H2. The maximum absolute atomic E-state index is 13.8. The van der Waals surface area contributed by atoms with E-state index in [4.69, 9.17) is 0 Å². The van der Waals surface area contributed by atoms with Gasteiger partial charge in [0.25, 0.3) is 0 Å². The minimum Gasteiger partial charge on any atom is -0.206 e. The highest BCUT2D eigenvalue weighted by Crippen LogP contribution is 2.34. The highest BCUT2D eigenvalue weighted by Gasteiger charge is 2.31. The smallest absolute Gasteiger partial charge is 0.206 e. The van der Waals surface area contributed by atoms with Crippen molar-refractivity contribution in [1.29, 1.82) is 0 Å². The molecule has 0 saturated carbocycles. The molecule has 0 atom stereocenters. The fourth-order valence-electron chi connectivity index (χ4n) is 1.83. The summed E-state index contributed by atoms with van der Waals surface area (Å²) in [5.74, 6) is -0.692. The Morgan fingerprint density at radius 1 is 0.947 bits per heavy atom. The van der Waals surface area contributed by atoms with E-state index < -0.39 is 17.6 Å². The summed E-state index contributed by atoms with van der Waals surface area (Å²) in [5, 5.41) is 0. The van der Waals surface area contributed by atoms with E-state index in [1.807, 2.05) is 0 Å². The van der Waals surface area contributed by atoms with Crippen LogP contribution in [-0.4, -0.2) is 0 Å². The Hall–Kier alpha value is -2.10. The Balaban J connectivity index is 2.65. The average Bonchev–Trinajstić information content (AvgIpc) is 2.38. The van der Waals surface area contributed by atoms with Crippen molar-refractivity contribution in [2.45, 2.75) is 6.18 Å². The van der Waals surface area contributed by atoms with Crippen molar-refractivity contribution in [2.75, 3.05) is 0 Å². The van der Waals surface area contributed by atoms with Gasteiger partial charge in [-0.05, 0) is 29.3 Å². The first-order chi connectivity index (χ1) is 8.93. The maximum atomic E-state index is 13.8. The van der Waals surface area contributed by atoms with Crippen LogP contribution in [0.15, 0.2) is 49.0 Å². The van der Waals surface area contributed by atoms with Crippen molar-refractivity contribution >= 4 is 6.08 Å². The molecule has 0 fully saturated rings. The van der Waals surface area contributed by atoms with Crippen LogP contribution in [0.2, 0.25) is 0 Å². The van der Waals surface area contributed by atoms with Crippen molar-refractivity contribution in [2.24, 2.45) is 0 Å². The van der Waals surface area contributed by atoms with Crippen molar-refractivity contribution in [3.05, 3.63) is 66.0 Å². The molecule has 2 rings (SSSR count). The number of alkyl halides is 3. The Kier molecular flexibility index (Phi) is 3.42. The van der Waals surface area contributed by atoms with Crippen molar-refractivity contribution < 1.29 is 17.6 Å². The summed E-state index contributed by atoms with van der Waals surface area (Å²) >= 11 is 0. The molecule has 0 saturated heterocycles. The maximum Gasteiger partial charge on any atom is 0.416 e. The normalized spacial score (nSPS) is 11.4. The van der Waals surface area contributed by atoms with Gasteiger partial charge in [-0.25, -0.2) is 4.39 Å². The fourth-order valence-corrected chi connectivity index (χ4v) is 1.83. The van der Waals surface area contributed by atoms with Crippen LogP contribution in [0.25, 0.3) is 17.2 Å². The van der Waals surface area contributed by atoms with E-state index in [0.29, 0.717) is 11.1 Å². The molecule has 0 N–H and O–H groups in total. The van der Waals surface area contributed by atoms with E-state index in [1.54, 1.807) is 24.3 Å². The minimum atomic E-state index is -4.49. The van der Waals surface area contributed by atoms with Crippen LogP contribution in [0.5, 0.6) is 0 Å². The molecule has 2 aromatic rings. The number of benzene rings is 2. The molecule has 0 aromatic heterocycles. The molecule has 2 aromatic carbocycles. The predicted octanol–water partition coefficient (Wildman–Crippen LogP) is 5.15.